The van der Waals surface area contributed by atoms with Crippen LogP contribution in [0.3, 0.4) is 0 Å². The molecule has 0 saturated heterocycles. The van der Waals surface area contributed by atoms with Crippen molar-refractivity contribution >= 4 is 33.4 Å². The van der Waals surface area contributed by atoms with Gasteiger partial charge >= 0.3 is 0 Å². The smallest absolute Gasteiger partial charge is 0.274 e. The van der Waals surface area contributed by atoms with Crippen molar-refractivity contribution in [3.8, 4) is 5.69 Å². The first-order valence-electron chi connectivity index (χ1n) is 9.94. The minimum Gasteiger partial charge on any atom is -0.342 e. The van der Waals surface area contributed by atoms with Gasteiger partial charge in [0.2, 0.25) is 5.91 Å². The number of hydrogen-bond donors (Lipinski definition) is 2. The van der Waals surface area contributed by atoms with E-state index in [1.165, 1.54) is 0 Å². The van der Waals surface area contributed by atoms with E-state index in [1.54, 1.807) is 4.68 Å². The highest BCUT2D eigenvalue weighted by atomic mass is 79.9. The third-order valence-electron chi connectivity index (χ3n) is 5.04. The molecule has 1 aromatic heterocycles. The summed E-state index contributed by atoms with van der Waals surface area (Å²) in [4.78, 5) is 25.1. The van der Waals surface area contributed by atoms with Crippen molar-refractivity contribution < 1.29 is 9.59 Å². The van der Waals surface area contributed by atoms with Gasteiger partial charge in [0, 0.05) is 16.1 Å². The molecule has 30 heavy (non-hydrogen) atoms. The minimum absolute atomic E-state index is 0.133. The SMILES string of the molecule is CCc1ccccc1NC(=O)CNC(=O)c1nnn(-c2ccc(Br)cc2)c1C1CC1. The predicted octanol–water partition coefficient (Wildman–Crippen LogP) is 3.84. The van der Waals surface area contributed by atoms with Crippen LogP contribution in [0.2, 0.25) is 0 Å². The van der Waals surface area contributed by atoms with Crippen LogP contribution in [-0.4, -0.2) is 33.4 Å². The normalized spacial score (nSPS) is 13.1. The molecule has 1 aliphatic carbocycles. The van der Waals surface area contributed by atoms with Gasteiger partial charge in [0.15, 0.2) is 5.69 Å². The number of halogens is 1. The second kappa shape index (κ2) is 8.79. The Hall–Kier alpha value is -3.00. The summed E-state index contributed by atoms with van der Waals surface area (Å²) in [6.45, 7) is 1.90. The van der Waals surface area contributed by atoms with Gasteiger partial charge in [-0.3, -0.25) is 9.59 Å². The zero-order valence-corrected chi connectivity index (χ0v) is 18.1. The first-order valence-corrected chi connectivity index (χ1v) is 10.7. The molecule has 2 amide bonds. The van der Waals surface area contributed by atoms with Crippen molar-refractivity contribution in [3.05, 3.63) is 70.0 Å². The Bertz CT molecular complexity index is 1070. The number of rotatable bonds is 7. The number of aromatic nitrogens is 3. The number of benzene rings is 2. The molecule has 1 fully saturated rings. The molecule has 1 heterocycles. The average molecular weight is 468 g/mol. The van der Waals surface area contributed by atoms with Crippen LogP contribution in [-0.2, 0) is 11.2 Å². The molecule has 1 saturated carbocycles. The van der Waals surface area contributed by atoms with E-state index in [0.717, 1.165) is 46.4 Å². The number of nitrogens with one attached hydrogen (secondary N) is 2. The number of nitrogens with zero attached hydrogens (tertiary/aromatic N) is 3. The van der Waals surface area contributed by atoms with Gasteiger partial charge in [-0.25, -0.2) is 4.68 Å². The van der Waals surface area contributed by atoms with Crippen LogP contribution in [0.4, 0.5) is 5.69 Å². The van der Waals surface area contributed by atoms with Crippen molar-refractivity contribution in [1.29, 1.82) is 0 Å². The number of aryl methyl sites for hydroxylation is 1. The van der Waals surface area contributed by atoms with Crippen molar-refractivity contribution in [2.45, 2.75) is 32.1 Å². The lowest BCUT2D eigenvalue weighted by Gasteiger charge is -2.10. The van der Waals surface area contributed by atoms with E-state index in [9.17, 15) is 9.59 Å². The molecule has 154 valence electrons. The van der Waals surface area contributed by atoms with Gasteiger partial charge in [-0.15, -0.1) is 5.10 Å². The van der Waals surface area contributed by atoms with Gasteiger partial charge in [-0.1, -0.05) is 46.3 Å². The molecule has 0 atom stereocenters. The van der Waals surface area contributed by atoms with E-state index < -0.39 is 0 Å². The standard InChI is InChI=1S/C22H22BrN5O2/c1-2-14-5-3-4-6-18(14)25-19(29)13-24-22(30)20-21(15-7-8-15)28(27-26-20)17-11-9-16(23)10-12-17/h3-6,9-12,15H,2,7-8,13H2,1H3,(H,24,30)(H,25,29). The fraction of sp³-hybridized carbons (Fsp3) is 0.273. The van der Waals surface area contributed by atoms with E-state index in [1.807, 2.05) is 55.5 Å². The van der Waals surface area contributed by atoms with Gasteiger partial charge in [0.25, 0.3) is 5.91 Å². The highest BCUT2D eigenvalue weighted by molar-refractivity contribution is 9.10. The second-order valence-corrected chi connectivity index (χ2v) is 8.14. The van der Waals surface area contributed by atoms with E-state index in [4.69, 9.17) is 0 Å². The Morgan fingerprint density at radius 2 is 1.87 bits per heavy atom. The molecule has 2 aromatic carbocycles. The van der Waals surface area contributed by atoms with Crippen LogP contribution in [0.1, 0.15) is 47.4 Å². The van der Waals surface area contributed by atoms with Crippen LogP contribution in [0.15, 0.2) is 53.0 Å². The van der Waals surface area contributed by atoms with Crippen LogP contribution in [0.5, 0.6) is 0 Å². The summed E-state index contributed by atoms with van der Waals surface area (Å²) in [5.41, 5.74) is 3.74. The zero-order valence-electron chi connectivity index (χ0n) is 16.6. The quantitative estimate of drug-likeness (QED) is 0.552. The molecule has 3 aromatic rings. The molecular formula is C22H22BrN5O2. The maximum absolute atomic E-state index is 12.8. The van der Waals surface area contributed by atoms with E-state index in [-0.39, 0.29) is 30.0 Å². The lowest BCUT2D eigenvalue weighted by Crippen LogP contribution is -2.33. The Kier molecular flexibility index (Phi) is 5.94. The number of anilines is 1. The van der Waals surface area contributed by atoms with Crippen molar-refractivity contribution in [2.75, 3.05) is 11.9 Å². The van der Waals surface area contributed by atoms with Crippen molar-refractivity contribution in [3.63, 3.8) is 0 Å². The zero-order chi connectivity index (χ0) is 21.1. The second-order valence-electron chi connectivity index (χ2n) is 7.23. The Morgan fingerprint density at radius 3 is 2.57 bits per heavy atom. The summed E-state index contributed by atoms with van der Waals surface area (Å²) in [6.07, 6.45) is 2.81. The molecular weight excluding hydrogens is 446 g/mol. The summed E-state index contributed by atoms with van der Waals surface area (Å²) < 4.78 is 2.68. The maximum Gasteiger partial charge on any atom is 0.274 e. The minimum atomic E-state index is -0.390. The van der Waals surface area contributed by atoms with Gasteiger partial charge < -0.3 is 10.6 Å². The number of amides is 2. The lowest BCUT2D eigenvalue weighted by molar-refractivity contribution is -0.115. The largest absolute Gasteiger partial charge is 0.342 e. The molecule has 0 spiro atoms. The number of carbonyl (C=O) groups is 2. The van der Waals surface area contributed by atoms with Gasteiger partial charge in [0.1, 0.15) is 0 Å². The molecule has 7 nitrogen and oxygen atoms in total. The molecule has 0 bridgehead atoms. The third-order valence-corrected chi connectivity index (χ3v) is 5.57. The summed E-state index contributed by atoms with van der Waals surface area (Å²) >= 11 is 3.43. The molecule has 2 N–H and O–H groups in total. The lowest BCUT2D eigenvalue weighted by atomic mass is 10.1. The van der Waals surface area contributed by atoms with E-state index in [0.29, 0.717) is 0 Å². The van der Waals surface area contributed by atoms with Gasteiger partial charge in [-0.2, -0.15) is 0 Å². The number of para-hydroxylation sites is 1. The maximum atomic E-state index is 12.8. The fourth-order valence-electron chi connectivity index (χ4n) is 3.34. The first-order chi connectivity index (χ1) is 14.6. The highest BCUT2D eigenvalue weighted by Crippen LogP contribution is 2.42. The number of carbonyl (C=O) groups excluding carboxylic acids is 2. The monoisotopic (exact) mass is 467 g/mol. The predicted molar refractivity (Wildman–Crippen MR) is 118 cm³/mol. The highest BCUT2D eigenvalue weighted by Gasteiger charge is 2.34. The van der Waals surface area contributed by atoms with E-state index >= 15 is 0 Å². The summed E-state index contributed by atoms with van der Waals surface area (Å²) in [6, 6.07) is 15.3. The summed E-state index contributed by atoms with van der Waals surface area (Å²) in [7, 11) is 0. The van der Waals surface area contributed by atoms with Crippen molar-refractivity contribution in [1.82, 2.24) is 20.3 Å². The van der Waals surface area contributed by atoms with Crippen LogP contribution >= 0.6 is 15.9 Å². The molecule has 0 aliphatic heterocycles. The average Bonchev–Trinajstić information content (AvgIpc) is 3.51. The van der Waals surface area contributed by atoms with Crippen LogP contribution in [0, 0.1) is 0 Å². The van der Waals surface area contributed by atoms with Crippen LogP contribution < -0.4 is 10.6 Å². The molecule has 4 rings (SSSR count). The fourth-order valence-corrected chi connectivity index (χ4v) is 3.60. The molecule has 0 radical (unpaired) electrons. The Morgan fingerprint density at radius 1 is 1.13 bits per heavy atom. The molecule has 0 unspecified atom stereocenters. The summed E-state index contributed by atoms with van der Waals surface area (Å²) in [5, 5.41) is 13.9. The van der Waals surface area contributed by atoms with Gasteiger partial charge in [-0.05, 0) is 55.2 Å². The topological polar surface area (TPSA) is 88.9 Å². The third kappa shape index (κ3) is 4.43. The Balaban J connectivity index is 1.46. The summed E-state index contributed by atoms with van der Waals surface area (Å²) in [5.74, 6) is -0.411. The molecule has 1 aliphatic rings. The van der Waals surface area contributed by atoms with E-state index in [2.05, 4.69) is 36.9 Å². The number of hydrogen-bond acceptors (Lipinski definition) is 4. The Labute approximate surface area is 183 Å². The van der Waals surface area contributed by atoms with Crippen molar-refractivity contribution in [2.24, 2.45) is 0 Å². The van der Waals surface area contributed by atoms with Crippen LogP contribution in [0.25, 0.3) is 5.69 Å². The first kappa shape index (κ1) is 20.3. The molecule has 8 heteroatoms. The van der Waals surface area contributed by atoms with Gasteiger partial charge in [0.05, 0.1) is 17.9 Å².